The van der Waals surface area contributed by atoms with E-state index in [9.17, 15) is 30.0 Å². The van der Waals surface area contributed by atoms with Crippen LogP contribution < -0.4 is 39.8 Å². The smallest absolute Gasteiger partial charge is 0.870 e. The Labute approximate surface area is 286 Å². The summed E-state index contributed by atoms with van der Waals surface area (Å²) in [5.74, 6) is -3.36. The van der Waals surface area contributed by atoms with Crippen LogP contribution >= 0.6 is 0 Å². The minimum Gasteiger partial charge on any atom is -0.870 e. The molecule has 0 aromatic rings. The Morgan fingerprint density at radius 3 is 1.12 bits per heavy atom. The molecule has 4 aliphatic rings. The van der Waals surface area contributed by atoms with E-state index >= 15 is 0 Å². The summed E-state index contributed by atoms with van der Waals surface area (Å²) in [5.41, 5.74) is 0. The maximum absolute atomic E-state index is 11.3. The van der Waals surface area contributed by atoms with Gasteiger partial charge >= 0.3 is 229 Å². The van der Waals surface area contributed by atoms with Crippen molar-refractivity contribution in [3.63, 3.8) is 0 Å². The van der Waals surface area contributed by atoms with Crippen LogP contribution in [-0.2, 0) is 29.0 Å². The molecule has 26 nitrogen and oxygen atoms in total. The van der Waals surface area contributed by atoms with Crippen LogP contribution in [0.1, 0.15) is 0 Å². The normalized spacial score (nSPS) is 32.8. The number of aliphatic hydroxyl groups excluding tert-OH is 4. The van der Waals surface area contributed by atoms with Crippen molar-refractivity contribution < 1.29 is 149 Å². The number of aliphatic hydroxyl groups is 4. The van der Waals surface area contributed by atoms with Crippen LogP contribution in [0.4, 0.5) is 0 Å². The zero-order valence-electron chi connectivity index (χ0n) is 21.1. The van der Waals surface area contributed by atoms with Gasteiger partial charge in [0, 0.05) is 0 Å². The molecule has 0 saturated carbocycles. The van der Waals surface area contributed by atoms with E-state index < -0.39 is 115 Å². The molecule has 0 amide bonds. The summed E-state index contributed by atoms with van der Waals surface area (Å²) in [7, 11) is 0. The Bertz CT molecular complexity index is 657. The molecule has 0 aromatic heterocycles. The summed E-state index contributed by atoms with van der Waals surface area (Å²) in [6.07, 6.45) is -11.8. The van der Waals surface area contributed by atoms with Gasteiger partial charge in [-0.1, -0.05) is 0 Å². The minimum absolute atomic E-state index is 0. The molecule has 4 rings (SSSR count). The number of aliphatic carboxylic acids is 2. The number of hydrogen-bond donors (Lipinski definition) is 4. The molecule has 256 valence electrons. The van der Waals surface area contributed by atoms with Crippen LogP contribution in [-0.4, -0.2) is 220 Å². The largest absolute Gasteiger partial charge is 3.00 e. The molecule has 4 fully saturated rings. The third kappa shape index (κ3) is 12.6. The van der Waals surface area contributed by atoms with Gasteiger partial charge in [-0.2, -0.15) is 0 Å². The van der Waals surface area contributed by atoms with Gasteiger partial charge in [0.15, 0.2) is 0 Å². The van der Waals surface area contributed by atoms with Gasteiger partial charge in [0.25, 0.3) is 0 Å². The molecule has 30 heteroatoms. The third-order valence-electron chi connectivity index (χ3n) is 4.53. The first kappa shape index (κ1) is 70.0. The van der Waals surface area contributed by atoms with Crippen LogP contribution in [0.2, 0.25) is 0 Å². The molecule has 4 aliphatic heterocycles. The van der Waals surface area contributed by atoms with Crippen molar-refractivity contribution in [2.75, 3.05) is 13.2 Å². The van der Waals surface area contributed by atoms with Crippen LogP contribution in [0.3, 0.4) is 0 Å². The van der Waals surface area contributed by atoms with Gasteiger partial charge < -0.3 is 60.2 Å². The zero-order valence-corrected chi connectivity index (χ0v) is 30.8. The number of rotatable bonds is 8. The van der Waals surface area contributed by atoms with Crippen molar-refractivity contribution in [2.24, 2.45) is 0 Å². The summed E-state index contributed by atoms with van der Waals surface area (Å²) in [4.78, 5) is 22.7. The second-order valence-corrected chi connectivity index (χ2v) is 18.8. The third-order valence-corrected chi connectivity index (χ3v) is 21.8. The van der Waals surface area contributed by atoms with E-state index in [0.717, 1.165) is 0 Å². The molecule has 25 N–H and O–H groups in total. The summed E-state index contributed by atoms with van der Waals surface area (Å²) < 4.78 is 38.1. The predicted octanol–water partition coefficient (Wildman–Crippen LogP) is -19.4. The van der Waals surface area contributed by atoms with Gasteiger partial charge in [-0.25, -0.2) is 0 Å². The number of carboxylic acids is 2. The molecule has 42 heavy (non-hydrogen) atoms. The SMILES string of the molecule is O.O.O.O.O.O.O.O.O.O.O=C([O-])[C@@H]1[O][Sb]2([O][Sb]34[O][C@H]([C@H](O)CO)[C@H]([O]3)[C@H](C(=O)[O-])[O]4)[O][C@H]([C@H](O)CO)[C@@H]1[O]2.[Na+].[OH-].[Sb+3]. The Hall–Kier alpha value is 1.51. The number of carbonyl (C=O) groups is 2. The van der Waals surface area contributed by atoms with Gasteiger partial charge in [0.1, 0.15) is 0 Å². The minimum atomic E-state index is -5.19. The molecule has 0 spiro atoms. The summed E-state index contributed by atoms with van der Waals surface area (Å²) in [6, 6.07) is 0. The summed E-state index contributed by atoms with van der Waals surface area (Å²) >= 11 is -10.4. The quantitative estimate of drug-likeness (QED) is 0.164. The maximum atomic E-state index is 11.3. The molecule has 2 unspecified atom stereocenters. The van der Waals surface area contributed by atoms with Crippen molar-refractivity contribution in [1.82, 2.24) is 0 Å². The number of fused-ring (bicyclic) bond motifs is 4. The molecular weight excluding hydrogens is 948 g/mol. The van der Waals surface area contributed by atoms with E-state index in [0.29, 0.717) is 0 Å². The van der Waals surface area contributed by atoms with Crippen LogP contribution in [0.15, 0.2) is 0 Å². The Morgan fingerprint density at radius 2 is 0.905 bits per heavy atom. The first-order valence-electron chi connectivity index (χ1n) is 8.23. The molecule has 10 atom stereocenters. The number of carboxylic acid groups (broad SMARTS) is 2. The molecule has 4 bridgehead atoms. The van der Waals surface area contributed by atoms with E-state index in [1.54, 1.807) is 0 Å². The van der Waals surface area contributed by atoms with Gasteiger partial charge in [0.2, 0.25) is 0 Å². The van der Waals surface area contributed by atoms with Crippen molar-refractivity contribution >= 4 is 77.3 Å². The molecule has 0 aliphatic carbocycles. The van der Waals surface area contributed by atoms with E-state index in [-0.39, 0.29) is 114 Å². The zero-order chi connectivity index (χ0) is 21.1. The molecule has 4 heterocycles. The summed E-state index contributed by atoms with van der Waals surface area (Å²) in [6.45, 7) is -1.55. The van der Waals surface area contributed by atoms with E-state index in [1.807, 2.05) is 0 Å². The fraction of sp³-hybridized carbons (Fsp3) is 0.833. The maximum Gasteiger partial charge on any atom is 3.00 e. The number of carbonyl (C=O) groups excluding carboxylic acids is 2. The van der Waals surface area contributed by atoms with Gasteiger partial charge in [-0.05, 0) is 0 Å². The second-order valence-electron chi connectivity index (χ2n) is 6.45. The molecule has 4 radical (unpaired) electrons. The van der Waals surface area contributed by atoms with Gasteiger partial charge in [-0.3, -0.25) is 0 Å². The topological polar surface area (TPSA) is 571 Å². The van der Waals surface area contributed by atoms with E-state index in [1.165, 1.54) is 0 Å². The van der Waals surface area contributed by atoms with Crippen molar-refractivity contribution in [2.45, 2.75) is 48.8 Å². The van der Waals surface area contributed by atoms with Gasteiger partial charge in [0.05, 0.1) is 0 Å². The van der Waals surface area contributed by atoms with E-state index in [4.69, 9.17) is 29.6 Å². The van der Waals surface area contributed by atoms with Crippen LogP contribution in [0.25, 0.3) is 0 Å². The second kappa shape index (κ2) is 26.6. The molecule has 0 aromatic carbocycles. The van der Waals surface area contributed by atoms with Crippen LogP contribution in [0.5, 0.6) is 0 Å². The Kier molecular flexibility index (Phi) is 44.3. The average molecular weight is 986 g/mol. The van der Waals surface area contributed by atoms with Crippen molar-refractivity contribution in [3.8, 4) is 0 Å². The van der Waals surface area contributed by atoms with Gasteiger partial charge in [-0.15, -0.1) is 0 Å². The fourth-order valence-electron chi connectivity index (χ4n) is 3.22. The Balaban J connectivity index is -0.0000000985. The first-order chi connectivity index (χ1) is 13.6. The number of hydrogen-bond acceptors (Lipinski definition) is 16. The fourth-order valence-corrected chi connectivity index (χ4v) is 23.5. The van der Waals surface area contributed by atoms with Crippen molar-refractivity contribution in [3.05, 3.63) is 0 Å². The summed E-state index contributed by atoms with van der Waals surface area (Å²) in [5, 5.41) is 60.7. The average Bonchev–Trinajstić information content (AvgIpc) is 3.42. The first-order valence-corrected chi connectivity index (χ1v) is 16.6. The standard InChI is InChI=1S/2C6H9O7.Na.11H2O.O.3Sb/c2*7-1-2(8)3(9)4(10)5(11)6(12)13;;;;;;;;;;;;;;;;/h2*2-5,7-8H,1H2,(H,12,13);;11*1H2;;;;/q2*-3;+1;;;;;;;;;;;;;3*+3/p-3/t2*2-,3-,4+,5-;;;;;;;;;;;;;;;;/m11................/s1. The molecule has 4 saturated heterocycles. The monoisotopic (exact) mass is 983 g/mol. The Morgan fingerprint density at radius 1 is 0.643 bits per heavy atom. The van der Waals surface area contributed by atoms with Crippen LogP contribution in [0, 0.1) is 0 Å². The molecular formula is C12H37NaO26Sb3+. The predicted molar refractivity (Wildman–Crippen MR) is 122 cm³/mol. The van der Waals surface area contributed by atoms with Crippen molar-refractivity contribution in [1.29, 1.82) is 0 Å². The van der Waals surface area contributed by atoms with E-state index in [2.05, 4.69) is 0 Å².